The molecule has 2 heterocycles. The Kier molecular flexibility index (Phi) is 4.50. The molecule has 0 saturated heterocycles. The predicted octanol–water partition coefficient (Wildman–Crippen LogP) is 2.78. The van der Waals surface area contributed by atoms with E-state index in [1.165, 1.54) is 0 Å². The van der Waals surface area contributed by atoms with Crippen LogP contribution in [0.25, 0.3) is 11.3 Å². The molecule has 3 rings (SSSR count). The van der Waals surface area contributed by atoms with Gasteiger partial charge in [-0.1, -0.05) is 19.0 Å². The zero-order chi connectivity index (χ0) is 16.2. The second kappa shape index (κ2) is 6.73. The summed E-state index contributed by atoms with van der Waals surface area (Å²) >= 11 is 0. The number of carbonyl (C=O) groups is 1. The van der Waals surface area contributed by atoms with Gasteiger partial charge >= 0.3 is 0 Å². The van der Waals surface area contributed by atoms with Crippen molar-refractivity contribution in [3.8, 4) is 22.8 Å². The van der Waals surface area contributed by atoms with Crippen LogP contribution in [-0.2, 0) is 11.2 Å². The molecule has 2 aromatic rings. The van der Waals surface area contributed by atoms with Gasteiger partial charge in [-0.25, -0.2) is 0 Å². The van der Waals surface area contributed by atoms with Gasteiger partial charge in [0, 0.05) is 18.2 Å². The highest BCUT2D eigenvalue weighted by molar-refractivity contribution is 5.78. The lowest BCUT2D eigenvalue weighted by Crippen LogP contribution is -2.26. The molecular formula is C17H20N2O4. The number of benzene rings is 1. The molecule has 0 aliphatic carbocycles. The number of carbonyl (C=O) groups excluding carboxylic acids is 1. The van der Waals surface area contributed by atoms with Crippen molar-refractivity contribution >= 4 is 5.91 Å². The summed E-state index contributed by atoms with van der Waals surface area (Å²) in [4.78, 5) is 11.9. The summed E-state index contributed by atoms with van der Waals surface area (Å²) in [6.45, 7) is 5.17. The summed E-state index contributed by atoms with van der Waals surface area (Å²) in [6.07, 6.45) is 1.18. The summed E-state index contributed by atoms with van der Waals surface area (Å²) in [7, 11) is 0. The maximum Gasteiger partial charge on any atom is 0.231 e. The zero-order valence-electron chi connectivity index (χ0n) is 13.3. The van der Waals surface area contributed by atoms with Crippen LogP contribution in [0.1, 0.15) is 26.0 Å². The van der Waals surface area contributed by atoms with Crippen LogP contribution < -0.4 is 14.8 Å². The van der Waals surface area contributed by atoms with Gasteiger partial charge in [-0.05, 0) is 30.5 Å². The van der Waals surface area contributed by atoms with E-state index < -0.39 is 0 Å². The minimum atomic E-state index is -0.0452. The number of amides is 1. The number of nitrogens with one attached hydrogen (secondary N) is 1. The summed E-state index contributed by atoms with van der Waals surface area (Å²) < 4.78 is 16.0. The fourth-order valence-corrected chi connectivity index (χ4v) is 2.31. The highest BCUT2D eigenvalue weighted by Gasteiger charge is 2.16. The summed E-state index contributed by atoms with van der Waals surface area (Å²) in [5.41, 5.74) is 1.45. The molecule has 1 aliphatic rings. The van der Waals surface area contributed by atoms with Crippen LogP contribution in [0, 0.1) is 5.92 Å². The molecule has 1 aliphatic heterocycles. The van der Waals surface area contributed by atoms with Gasteiger partial charge in [0.15, 0.2) is 17.3 Å². The molecule has 0 unspecified atom stereocenters. The lowest BCUT2D eigenvalue weighted by Gasteiger charge is -2.05. The highest BCUT2D eigenvalue weighted by atomic mass is 16.7. The monoisotopic (exact) mass is 316 g/mol. The van der Waals surface area contributed by atoms with Gasteiger partial charge in [0.2, 0.25) is 12.7 Å². The molecule has 1 aromatic heterocycles. The van der Waals surface area contributed by atoms with E-state index in [-0.39, 0.29) is 19.1 Å². The average Bonchev–Trinajstić information content (AvgIpc) is 3.14. The molecule has 0 saturated carbocycles. The minimum absolute atomic E-state index is 0.0452. The molecule has 0 bridgehead atoms. The van der Waals surface area contributed by atoms with Crippen molar-refractivity contribution < 1.29 is 18.8 Å². The van der Waals surface area contributed by atoms with Gasteiger partial charge in [0.25, 0.3) is 0 Å². The number of ether oxygens (including phenoxy) is 2. The Morgan fingerprint density at radius 3 is 2.91 bits per heavy atom. The second-order valence-electron chi connectivity index (χ2n) is 5.96. The lowest BCUT2D eigenvalue weighted by atomic mass is 10.1. The molecule has 0 atom stereocenters. The standard InChI is InChI=1S/C17H20N2O4/c1-11(2)5-6-18-17(20)9-13-8-15(23-19-13)12-3-4-14-16(7-12)22-10-21-14/h3-4,7-8,11H,5-6,9-10H2,1-2H3,(H,18,20). The predicted molar refractivity (Wildman–Crippen MR) is 84.2 cm³/mol. The van der Waals surface area contributed by atoms with E-state index in [0.29, 0.717) is 29.7 Å². The molecule has 1 amide bonds. The maximum atomic E-state index is 11.9. The Labute approximate surface area is 134 Å². The Balaban J connectivity index is 1.61. The van der Waals surface area contributed by atoms with Crippen LogP contribution in [0.15, 0.2) is 28.8 Å². The third-order valence-corrected chi connectivity index (χ3v) is 3.60. The van der Waals surface area contributed by atoms with E-state index in [1.807, 2.05) is 18.2 Å². The van der Waals surface area contributed by atoms with Gasteiger partial charge in [0.1, 0.15) is 0 Å². The van der Waals surface area contributed by atoms with Crippen molar-refractivity contribution in [1.82, 2.24) is 10.5 Å². The summed E-state index contributed by atoms with van der Waals surface area (Å²) in [6, 6.07) is 7.33. The van der Waals surface area contributed by atoms with Crippen LogP contribution in [0.5, 0.6) is 11.5 Å². The first kappa shape index (κ1) is 15.4. The van der Waals surface area contributed by atoms with Crippen molar-refractivity contribution in [1.29, 1.82) is 0 Å². The first-order valence-electron chi connectivity index (χ1n) is 7.74. The van der Waals surface area contributed by atoms with E-state index in [4.69, 9.17) is 14.0 Å². The van der Waals surface area contributed by atoms with Gasteiger partial charge in [0.05, 0.1) is 12.1 Å². The molecule has 1 aromatic carbocycles. The van der Waals surface area contributed by atoms with E-state index in [0.717, 1.165) is 17.7 Å². The Hall–Kier alpha value is -2.50. The number of hydrogen-bond donors (Lipinski definition) is 1. The molecular weight excluding hydrogens is 296 g/mol. The first-order valence-corrected chi connectivity index (χ1v) is 7.74. The number of aromatic nitrogens is 1. The topological polar surface area (TPSA) is 73.6 Å². The quantitative estimate of drug-likeness (QED) is 0.887. The van der Waals surface area contributed by atoms with Crippen molar-refractivity contribution in [2.75, 3.05) is 13.3 Å². The highest BCUT2D eigenvalue weighted by Crippen LogP contribution is 2.35. The van der Waals surface area contributed by atoms with E-state index in [2.05, 4.69) is 24.3 Å². The number of rotatable bonds is 6. The van der Waals surface area contributed by atoms with Crippen molar-refractivity contribution in [3.05, 3.63) is 30.0 Å². The largest absolute Gasteiger partial charge is 0.454 e. The second-order valence-corrected chi connectivity index (χ2v) is 5.96. The maximum absolute atomic E-state index is 11.9. The third-order valence-electron chi connectivity index (χ3n) is 3.60. The molecule has 23 heavy (non-hydrogen) atoms. The number of fused-ring (bicyclic) bond motifs is 1. The third kappa shape index (κ3) is 3.83. The van der Waals surface area contributed by atoms with E-state index >= 15 is 0 Å². The van der Waals surface area contributed by atoms with Crippen LogP contribution in [0.3, 0.4) is 0 Å². The van der Waals surface area contributed by atoms with Crippen molar-refractivity contribution in [3.63, 3.8) is 0 Å². The Morgan fingerprint density at radius 2 is 2.09 bits per heavy atom. The van der Waals surface area contributed by atoms with Gasteiger partial charge in [-0.3, -0.25) is 4.79 Å². The number of nitrogens with zero attached hydrogens (tertiary/aromatic N) is 1. The lowest BCUT2D eigenvalue weighted by molar-refractivity contribution is -0.120. The van der Waals surface area contributed by atoms with E-state index in [9.17, 15) is 4.79 Å². The minimum Gasteiger partial charge on any atom is -0.454 e. The molecule has 0 spiro atoms. The fourth-order valence-electron chi connectivity index (χ4n) is 2.31. The average molecular weight is 316 g/mol. The van der Waals surface area contributed by atoms with Gasteiger partial charge in [-0.15, -0.1) is 0 Å². The van der Waals surface area contributed by atoms with Gasteiger partial charge < -0.3 is 19.3 Å². The molecule has 6 nitrogen and oxygen atoms in total. The zero-order valence-corrected chi connectivity index (χ0v) is 13.3. The molecule has 0 fully saturated rings. The smallest absolute Gasteiger partial charge is 0.231 e. The van der Waals surface area contributed by atoms with Crippen LogP contribution in [0.2, 0.25) is 0 Å². The van der Waals surface area contributed by atoms with Crippen LogP contribution in [0.4, 0.5) is 0 Å². The van der Waals surface area contributed by atoms with Gasteiger partial charge in [-0.2, -0.15) is 0 Å². The van der Waals surface area contributed by atoms with E-state index in [1.54, 1.807) is 6.07 Å². The molecule has 1 N–H and O–H groups in total. The first-order chi connectivity index (χ1) is 11.1. The molecule has 0 radical (unpaired) electrons. The van der Waals surface area contributed by atoms with Crippen LogP contribution >= 0.6 is 0 Å². The van der Waals surface area contributed by atoms with Crippen LogP contribution in [-0.4, -0.2) is 24.4 Å². The number of hydrogen-bond acceptors (Lipinski definition) is 5. The molecule has 122 valence electrons. The van der Waals surface area contributed by atoms with Crippen molar-refractivity contribution in [2.24, 2.45) is 5.92 Å². The SMILES string of the molecule is CC(C)CCNC(=O)Cc1cc(-c2ccc3c(c2)OCO3)on1. The Morgan fingerprint density at radius 1 is 1.26 bits per heavy atom. The fraction of sp³-hybridized carbons (Fsp3) is 0.412. The summed E-state index contributed by atoms with van der Waals surface area (Å²) in [5, 5.41) is 6.85. The summed E-state index contributed by atoms with van der Waals surface area (Å²) in [5.74, 6) is 2.54. The Bertz CT molecular complexity index is 694. The normalized spacial score (nSPS) is 12.7. The van der Waals surface area contributed by atoms with Crippen molar-refractivity contribution in [2.45, 2.75) is 26.7 Å². The molecule has 6 heteroatoms.